The number of aromatic nitrogens is 6. The zero-order valence-electron chi connectivity index (χ0n) is 16.6. The minimum Gasteiger partial charge on any atom is -0.413 e. The SMILES string of the molecule is Cc1cn(-c2cc(NCc3cnn(C)c3)c3c(n2)c(C)nn3C(C)C)c(=O)o1. The molecule has 0 spiro atoms. The van der Waals surface area contributed by atoms with Gasteiger partial charge in [-0.3, -0.25) is 9.36 Å². The fraction of sp³-hybridized carbons (Fsp3) is 0.368. The van der Waals surface area contributed by atoms with Crippen molar-refractivity contribution < 1.29 is 4.42 Å². The van der Waals surface area contributed by atoms with E-state index in [1.54, 1.807) is 17.8 Å². The van der Waals surface area contributed by atoms with E-state index < -0.39 is 5.76 Å². The van der Waals surface area contributed by atoms with Crippen LogP contribution in [0.3, 0.4) is 0 Å². The topological polar surface area (TPSA) is 95.7 Å². The summed E-state index contributed by atoms with van der Waals surface area (Å²) in [5, 5.41) is 12.3. The van der Waals surface area contributed by atoms with Gasteiger partial charge < -0.3 is 9.73 Å². The molecule has 4 aromatic rings. The van der Waals surface area contributed by atoms with Crippen LogP contribution in [0.4, 0.5) is 5.69 Å². The van der Waals surface area contributed by atoms with Gasteiger partial charge in [0.15, 0.2) is 0 Å². The molecule has 9 heteroatoms. The molecule has 0 saturated heterocycles. The van der Waals surface area contributed by atoms with E-state index in [-0.39, 0.29) is 6.04 Å². The number of pyridine rings is 1. The first-order chi connectivity index (χ1) is 13.3. The molecular formula is C19H23N7O2. The molecule has 4 rings (SSSR count). The van der Waals surface area contributed by atoms with Gasteiger partial charge in [-0.15, -0.1) is 0 Å². The number of fused-ring (bicyclic) bond motifs is 1. The van der Waals surface area contributed by atoms with Gasteiger partial charge in [0.2, 0.25) is 0 Å². The number of hydrogen-bond donors (Lipinski definition) is 1. The normalized spacial score (nSPS) is 11.6. The Morgan fingerprint density at radius 3 is 2.64 bits per heavy atom. The first-order valence-electron chi connectivity index (χ1n) is 9.14. The fourth-order valence-corrected chi connectivity index (χ4v) is 3.27. The molecule has 9 nitrogen and oxygen atoms in total. The predicted molar refractivity (Wildman–Crippen MR) is 106 cm³/mol. The summed E-state index contributed by atoms with van der Waals surface area (Å²) >= 11 is 0. The average molecular weight is 381 g/mol. The van der Waals surface area contributed by atoms with Crippen LogP contribution in [0.15, 0.2) is 33.9 Å². The zero-order valence-corrected chi connectivity index (χ0v) is 16.6. The van der Waals surface area contributed by atoms with Crippen LogP contribution < -0.4 is 11.1 Å². The minimum atomic E-state index is -0.462. The minimum absolute atomic E-state index is 0.168. The Kier molecular flexibility index (Phi) is 4.29. The van der Waals surface area contributed by atoms with Gasteiger partial charge in [-0.2, -0.15) is 10.2 Å². The van der Waals surface area contributed by atoms with Crippen molar-refractivity contribution in [3.8, 4) is 5.82 Å². The van der Waals surface area contributed by atoms with Crippen LogP contribution in [0.5, 0.6) is 0 Å². The lowest BCUT2D eigenvalue weighted by Gasteiger charge is -2.13. The molecule has 28 heavy (non-hydrogen) atoms. The summed E-state index contributed by atoms with van der Waals surface area (Å²) in [5.41, 5.74) is 4.38. The van der Waals surface area contributed by atoms with Crippen LogP contribution in [0, 0.1) is 13.8 Å². The Bertz CT molecular complexity index is 1210. The third-order valence-corrected chi connectivity index (χ3v) is 4.54. The van der Waals surface area contributed by atoms with Crippen LogP contribution in [0.2, 0.25) is 0 Å². The molecule has 0 saturated carbocycles. The van der Waals surface area contributed by atoms with E-state index in [1.807, 2.05) is 37.1 Å². The van der Waals surface area contributed by atoms with Gasteiger partial charge >= 0.3 is 5.76 Å². The summed E-state index contributed by atoms with van der Waals surface area (Å²) in [6, 6.07) is 2.02. The highest BCUT2D eigenvalue weighted by Crippen LogP contribution is 2.29. The summed E-state index contributed by atoms with van der Waals surface area (Å²) < 4.78 is 10.3. The molecule has 0 aliphatic rings. The Labute approximate surface area is 161 Å². The molecule has 1 N–H and O–H groups in total. The Morgan fingerprint density at radius 2 is 2.04 bits per heavy atom. The maximum absolute atomic E-state index is 12.2. The van der Waals surface area contributed by atoms with Crippen molar-refractivity contribution in [2.75, 3.05) is 5.32 Å². The number of hydrogen-bond acceptors (Lipinski definition) is 6. The number of nitrogens with one attached hydrogen (secondary N) is 1. The number of oxazole rings is 1. The summed E-state index contributed by atoms with van der Waals surface area (Å²) in [7, 11) is 1.89. The lowest BCUT2D eigenvalue weighted by atomic mass is 10.2. The molecule has 0 atom stereocenters. The van der Waals surface area contributed by atoms with Gasteiger partial charge in [-0.25, -0.2) is 14.3 Å². The van der Waals surface area contributed by atoms with E-state index in [0.29, 0.717) is 18.1 Å². The van der Waals surface area contributed by atoms with Gasteiger partial charge in [0, 0.05) is 37.5 Å². The fourth-order valence-electron chi connectivity index (χ4n) is 3.27. The number of aryl methyl sites for hydroxylation is 3. The predicted octanol–water partition coefficient (Wildman–Crippen LogP) is 2.72. The second-order valence-electron chi connectivity index (χ2n) is 7.20. The molecule has 0 unspecified atom stereocenters. The van der Waals surface area contributed by atoms with Crippen LogP contribution in [0.1, 0.15) is 36.9 Å². The van der Waals surface area contributed by atoms with E-state index >= 15 is 0 Å². The van der Waals surface area contributed by atoms with Gasteiger partial charge in [-0.1, -0.05) is 0 Å². The van der Waals surface area contributed by atoms with Crippen molar-refractivity contribution in [3.63, 3.8) is 0 Å². The molecular weight excluding hydrogens is 358 g/mol. The largest absolute Gasteiger partial charge is 0.424 e. The lowest BCUT2D eigenvalue weighted by Crippen LogP contribution is -2.14. The van der Waals surface area contributed by atoms with Crippen molar-refractivity contribution >= 4 is 16.7 Å². The van der Waals surface area contributed by atoms with Crippen LogP contribution in [0.25, 0.3) is 16.9 Å². The highest BCUT2D eigenvalue weighted by atomic mass is 16.4. The average Bonchev–Trinajstić information content (AvgIpc) is 3.30. The summed E-state index contributed by atoms with van der Waals surface area (Å²) in [6.07, 6.45) is 5.42. The maximum Gasteiger partial charge on any atom is 0.424 e. The smallest absolute Gasteiger partial charge is 0.413 e. The van der Waals surface area contributed by atoms with Crippen LogP contribution in [-0.2, 0) is 13.6 Å². The Hall–Kier alpha value is -3.36. The van der Waals surface area contributed by atoms with Gasteiger partial charge in [0.05, 0.1) is 23.8 Å². The molecule has 4 aromatic heterocycles. The lowest BCUT2D eigenvalue weighted by molar-refractivity contribution is 0.478. The summed E-state index contributed by atoms with van der Waals surface area (Å²) in [6.45, 7) is 8.41. The Balaban J connectivity index is 1.88. The molecule has 0 aromatic carbocycles. The first kappa shape index (κ1) is 18.0. The molecule has 4 heterocycles. The molecule has 0 radical (unpaired) electrons. The molecule has 0 aliphatic heterocycles. The van der Waals surface area contributed by atoms with Crippen molar-refractivity contribution in [1.82, 2.24) is 29.1 Å². The van der Waals surface area contributed by atoms with Crippen molar-refractivity contribution in [2.24, 2.45) is 7.05 Å². The Morgan fingerprint density at radius 1 is 1.25 bits per heavy atom. The molecule has 0 amide bonds. The van der Waals surface area contributed by atoms with Crippen molar-refractivity contribution in [2.45, 2.75) is 40.3 Å². The standard InChI is InChI=1S/C19H23N7O2/c1-11(2)26-18-15(20-7-14-8-21-24(5)10-14)6-16(22-17(18)13(4)23-26)25-9-12(3)28-19(25)27/h6,8-11H,7H2,1-5H3,(H,20,22). The molecule has 0 bridgehead atoms. The van der Waals surface area contributed by atoms with Gasteiger partial charge in [-0.05, 0) is 27.7 Å². The van der Waals surface area contributed by atoms with Crippen LogP contribution in [-0.4, -0.2) is 29.1 Å². The van der Waals surface area contributed by atoms with Crippen molar-refractivity contribution in [1.29, 1.82) is 0 Å². The third-order valence-electron chi connectivity index (χ3n) is 4.54. The second kappa shape index (κ2) is 6.66. The van der Waals surface area contributed by atoms with Gasteiger partial charge in [0.25, 0.3) is 0 Å². The monoisotopic (exact) mass is 381 g/mol. The third kappa shape index (κ3) is 3.08. The summed E-state index contributed by atoms with van der Waals surface area (Å²) in [5.74, 6) is 0.567. The maximum atomic E-state index is 12.2. The zero-order chi connectivity index (χ0) is 20.0. The van der Waals surface area contributed by atoms with E-state index in [1.165, 1.54) is 4.57 Å². The first-order valence-corrected chi connectivity index (χ1v) is 9.14. The summed E-state index contributed by atoms with van der Waals surface area (Å²) in [4.78, 5) is 16.9. The van der Waals surface area contributed by atoms with Crippen molar-refractivity contribution in [3.05, 3.63) is 52.2 Å². The number of anilines is 1. The molecule has 146 valence electrons. The number of nitrogens with zero attached hydrogens (tertiary/aromatic N) is 6. The van der Waals surface area contributed by atoms with E-state index in [4.69, 9.17) is 9.40 Å². The second-order valence-corrected chi connectivity index (χ2v) is 7.20. The van der Waals surface area contributed by atoms with Gasteiger partial charge in [0.1, 0.15) is 22.6 Å². The van der Waals surface area contributed by atoms with E-state index in [0.717, 1.165) is 28.0 Å². The van der Waals surface area contributed by atoms with E-state index in [9.17, 15) is 4.79 Å². The molecule has 0 aliphatic carbocycles. The highest BCUT2D eigenvalue weighted by Gasteiger charge is 2.19. The van der Waals surface area contributed by atoms with E-state index in [2.05, 4.69) is 29.4 Å². The molecule has 0 fully saturated rings. The van der Waals surface area contributed by atoms with Crippen LogP contribution >= 0.6 is 0 Å². The number of rotatable bonds is 5. The highest BCUT2D eigenvalue weighted by molar-refractivity contribution is 5.91. The quantitative estimate of drug-likeness (QED) is 0.571.